The summed E-state index contributed by atoms with van der Waals surface area (Å²) in [6, 6.07) is 0. The smallest absolute Gasteiger partial charge is 0.0755 e. The molecule has 348 valence electrons. The topological polar surface area (TPSA) is 113 Å². The fourth-order valence-electron chi connectivity index (χ4n) is 7.53. The minimum atomic E-state index is -1.55. The minimum Gasteiger partial charge on any atom is -0.545 e. The van der Waals surface area contributed by atoms with Crippen LogP contribution in [0, 0.1) is 0 Å². The predicted octanol–water partition coefficient (Wildman–Crippen LogP) is 11.8. The lowest BCUT2D eigenvalue weighted by molar-refractivity contribution is -0.655. The summed E-state index contributed by atoms with van der Waals surface area (Å²) in [7, 11) is 0. The molecule has 0 bridgehead atoms. The van der Waals surface area contributed by atoms with E-state index in [-0.39, 0.29) is 0 Å². The van der Waals surface area contributed by atoms with Gasteiger partial charge in [0.05, 0.1) is 38.1 Å². The third-order valence-corrected chi connectivity index (χ3v) is 11.4. The van der Waals surface area contributed by atoms with Crippen molar-refractivity contribution in [1.82, 2.24) is 0 Å². The largest absolute Gasteiger partial charge is 0.545 e. The molecule has 0 fully saturated rings. The van der Waals surface area contributed by atoms with Crippen molar-refractivity contribution in [3.63, 3.8) is 0 Å². The molecule has 0 unspecified atom stereocenters. The number of hydrogen-bond acceptors (Lipinski definition) is 4. The minimum absolute atomic E-state index is 0.384. The maximum absolute atomic E-state index is 9.41. The van der Waals surface area contributed by atoms with Crippen molar-refractivity contribution in [3.8, 4) is 0 Å². The average molecular weight is 823 g/mol. The molecule has 0 heterocycles. The Morgan fingerprint density at radius 2 is 0.414 bits per heavy atom. The Morgan fingerprint density at radius 1 is 0.276 bits per heavy atom. The summed E-state index contributed by atoms with van der Waals surface area (Å²) < 4.78 is 0. The number of carbonyl (C=O) groups excluding carboxylic acids is 2. The second kappa shape index (κ2) is 59.9. The van der Waals surface area contributed by atoms with E-state index in [0.29, 0.717) is 12.2 Å². The molecule has 0 aromatic heterocycles. The summed E-state index contributed by atoms with van der Waals surface area (Å²) in [6.07, 6.45) is 59.0. The fourth-order valence-corrected chi connectivity index (χ4v) is 7.53. The van der Waals surface area contributed by atoms with E-state index in [9.17, 15) is 19.8 Å². The first-order valence-electron chi connectivity index (χ1n) is 26.2. The highest BCUT2D eigenvalue weighted by Gasteiger charge is 1.98. The van der Waals surface area contributed by atoms with Gasteiger partial charge >= 0.3 is 0 Å². The molecule has 0 aliphatic heterocycles. The lowest BCUT2D eigenvalue weighted by atomic mass is 10.1. The van der Waals surface area contributed by atoms with E-state index in [4.69, 9.17) is 0 Å². The normalized spacial score (nSPS) is 11.0. The Kier molecular flexibility index (Phi) is 62.9. The van der Waals surface area contributed by atoms with Gasteiger partial charge in [-0.05, 0) is 63.5 Å². The van der Waals surface area contributed by atoms with Crippen LogP contribution in [-0.4, -0.2) is 38.1 Å². The van der Waals surface area contributed by atoms with E-state index < -0.39 is 11.9 Å². The molecule has 6 nitrogen and oxygen atoms in total. The number of carboxylic acid groups (broad SMARTS) is 2. The lowest BCUT2D eigenvalue weighted by Gasteiger charge is -2.04. The zero-order valence-corrected chi connectivity index (χ0v) is 40.1. The predicted molar refractivity (Wildman–Crippen MR) is 250 cm³/mol. The first-order chi connectivity index (χ1) is 28.5. The van der Waals surface area contributed by atoms with Gasteiger partial charge < -0.3 is 30.4 Å². The lowest BCUT2D eigenvalue weighted by Crippen LogP contribution is -2.84. The second-order valence-electron chi connectivity index (χ2n) is 17.4. The molecule has 0 saturated carbocycles. The standard InChI is InChI=1S/2C24H51N.C4H4O4/c2*1-3-5-7-9-11-13-15-17-19-21-23-25-24-22-20-18-16-14-12-10-8-6-4-2;5-3(6)1-2-4(7)8/h2*25H,3-24H2,1-2H3;1-2H,(H,5,6)(H,7,8)/b;;2-1+. The van der Waals surface area contributed by atoms with Gasteiger partial charge in [0.15, 0.2) is 0 Å². The molecule has 0 radical (unpaired) electrons. The second-order valence-corrected chi connectivity index (χ2v) is 17.4. The molecule has 6 heteroatoms. The summed E-state index contributed by atoms with van der Waals surface area (Å²) in [5.74, 6) is -3.09. The molecule has 0 aromatic carbocycles. The monoisotopic (exact) mass is 823 g/mol. The molecule has 0 saturated heterocycles. The van der Waals surface area contributed by atoms with Gasteiger partial charge in [-0.25, -0.2) is 0 Å². The number of nitrogens with two attached hydrogens (primary N) is 2. The molecule has 0 aromatic rings. The van der Waals surface area contributed by atoms with Crippen LogP contribution in [-0.2, 0) is 9.59 Å². The van der Waals surface area contributed by atoms with Gasteiger partial charge in [-0.1, -0.05) is 233 Å². The van der Waals surface area contributed by atoms with Crippen LogP contribution in [0.1, 0.15) is 285 Å². The summed E-state index contributed by atoms with van der Waals surface area (Å²) >= 11 is 0. The molecule has 0 aliphatic carbocycles. The van der Waals surface area contributed by atoms with Crippen LogP contribution in [0.3, 0.4) is 0 Å². The Bertz CT molecular complexity index is 668. The highest BCUT2D eigenvalue weighted by atomic mass is 16.4. The maximum atomic E-state index is 9.41. The number of rotatable bonds is 46. The Hall–Kier alpha value is -1.40. The van der Waals surface area contributed by atoms with Crippen LogP contribution in [0.15, 0.2) is 12.2 Å². The van der Waals surface area contributed by atoms with E-state index in [2.05, 4.69) is 38.3 Å². The van der Waals surface area contributed by atoms with Crippen molar-refractivity contribution in [2.24, 2.45) is 0 Å². The molecule has 0 rings (SSSR count). The van der Waals surface area contributed by atoms with Gasteiger partial charge in [-0.15, -0.1) is 0 Å². The number of unbranched alkanes of at least 4 members (excludes halogenated alkanes) is 36. The van der Waals surface area contributed by atoms with Gasteiger partial charge in [-0.2, -0.15) is 0 Å². The van der Waals surface area contributed by atoms with Crippen LogP contribution in [0.5, 0.6) is 0 Å². The van der Waals surface area contributed by atoms with Crippen molar-refractivity contribution < 1.29 is 30.4 Å². The molecule has 0 amide bonds. The zero-order chi connectivity index (χ0) is 43.1. The molecule has 4 N–H and O–H groups in total. The van der Waals surface area contributed by atoms with Gasteiger partial charge in [-0.3, -0.25) is 0 Å². The van der Waals surface area contributed by atoms with Crippen LogP contribution in [0.4, 0.5) is 0 Å². The first-order valence-corrected chi connectivity index (χ1v) is 26.2. The van der Waals surface area contributed by atoms with E-state index in [1.807, 2.05) is 0 Å². The van der Waals surface area contributed by atoms with Crippen molar-refractivity contribution in [2.75, 3.05) is 26.2 Å². The molecule has 0 aliphatic rings. The van der Waals surface area contributed by atoms with Crippen LogP contribution in [0.25, 0.3) is 0 Å². The Labute approximate surface area is 364 Å². The molecule has 0 spiro atoms. The molecule has 58 heavy (non-hydrogen) atoms. The van der Waals surface area contributed by atoms with Gasteiger partial charge in [0.1, 0.15) is 0 Å². The summed E-state index contributed by atoms with van der Waals surface area (Å²) in [5, 5.41) is 24.0. The zero-order valence-electron chi connectivity index (χ0n) is 40.1. The quantitative estimate of drug-likeness (QED) is 0.0470. The van der Waals surface area contributed by atoms with Gasteiger partial charge in [0, 0.05) is 0 Å². The summed E-state index contributed by atoms with van der Waals surface area (Å²) in [6.45, 7) is 14.7. The molecular weight excluding hydrogens is 717 g/mol. The van der Waals surface area contributed by atoms with Crippen molar-refractivity contribution in [2.45, 2.75) is 285 Å². The van der Waals surface area contributed by atoms with Crippen molar-refractivity contribution in [1.29, 1.82) is 0 Å². The molecular formula is C52H106N2O4. The summed E-state index contributed by atoms with van der Waals surface area (Å²) in [4.78, 5) is 18.8. The van der Waals surface area contributed by atoms with E-state index in [1.54, 1.807) is 0 Å². The fraction of sp³-hybridized carbons (Fsp3) is 0.923. The number of aliphatic carboxylic acids is 2. The summed E-state index contributed by atoms with van der Waals surface area (Å²) in [5.41, 5.74) is 0. The third-order valence-electron chi connectivity index (χ3n) is 11.4. The van der Waals surface area contributed by atoms with Crippen molar-refractivity contribution >= 4 is 11.9 Å². The van der Waals surface area contributed by atoms with Crippen LogP contribution < -0.4 is 20.8 Å². The third kappa shape index (κ3) is 69.2. The van der Waals surface area contributed by atoms with Crippen molar-refractivity contribution in [3.05, 3.63) is 12.2 Å². The Balaban J connectivity index is -0.000000877. The first kappa shape index (κ1) is 60.9. The average Bonchev–Trinajstić information content (AvgIpc) is 3.21. The molecule has 0 atom stereocenters. The van der Waals surface area contributed by atoms with Crippen LogP contribution >= 0.6 is 0 Å². The maximum Gasteiger partial charge on any atom is 0.0755 e. The number of quaternary nitrogens is 2. The van der Waals surface area contributed by atoms with Gasteiger partial charge in [0.2, 0.25) is 0 Å². The Morgan fingerprint density at radius 3 is 0.552 bits per heavy atom. The number of hydrogen-bond donors (Lipinski definition) is 2. The highest BCUT2D eigenvalue weighted by Crippen LogP contribution is 2.13. The van der Waals surface area contributed by atoms with Gasteiger partial charge in [0.25, 0.3) is 0 Å². The SMILES string of the molecule is CCCCCCCCCCCC[NH2+]CCCCCCCCCCCC.CCCCCCCCCCCC[NH2+]CCCCCCCCCCCC.O=C([O-])/C=C/C(=O)[O-]. The van der Waals surface area contributed by atoms with Crippen LogP contribution in [0.2, 0.25) is 0 Å². The van der Waals surface area contributed by atoms with E-state index >= 15 is 0 Å². The highest BCUT2D eigenvalue weighted by molar-refractivity contribution is 5.87. The van der Waals surface area contributed by atoms with E-state index in [1.165, 1.54) is 283 Å². The number of carbonyl (C=O) groups is 2. The number of carboxylic acids is 2. The van der Waals surface area contributed by atoms with E-state index in [0.717, 1.165) is 0 Å².